The second-order valence-corrected chi connectivity index (χ2v) is 4.79. The summed E-state index contributed by atoms with van der Waals surface area (Å²) in [5, 5.41) is 7.47. The molecule has 3 rings (SSSR count). The highest BCUT2D eigenvalue weighted by Crippen LogP contribution is 2.22. The number of nitrogens with zero attached hydrogens (tertiary/aromatic N) is 3. The van der Waals surface area contributed by atoms with E-state index >= 15 is 0 Å². The Kier molecular flexibility index (Phi) is 3.57. The van der Waals surface area contributed by atoms with Crippen molar-refractivity contribution in [3.05, 3.63) is 36.2 Å². The van der Waals surface area contributed by atoms with Gasteiger partial charge in [0, 0.05) is 31.7 Å². The number of piperazine rings is 1. The van der Waals surface area contributed by atoms with Gasteiger partial charge in [0.15, 0.2) is 5.82 Å². The summed E-state index contributed by atoms with van der Waals surface area (Å²) in [6, 6.07) is 10.1. The van der Waals surface area contributed by atoms with Gasteiger partial charge in [-0.05, 0) is 19.1 Å². The van der Waals surface area contributed by atoms with Gasteiger partial charge in [-0.3, -0.25) is 4.90 Å². The maximum Gasteiger partial charge on any atom is 0.257 e. The zero-order valence-electron chi connectivity index (χ0n) is 11.0. The van der Waals surface area contributed by atoms with Gasteiger partial charge >= 0.3 is 0 Å². The fraction of sp³-hybridized carbons (Fsp3) is 0.429. The number of rotatable bonds is 3. The lowest BCUT2D eigenvalue weighted by Crippen LogP contribution is -2.44. The van der Waals surface area contributed by atoms with Crippen LogP contribution in [0.4, 0.5) is 0 Å². The van der Waals surface area contributed by atoms with E-state index in [-0.39, 0.29) is 6.04 Å². The van der Waals surface area contributed by atoms with Gasteiger partial charge in [0.1, 0.15) is 0 Å². The molecule has 5 nitrogen and oxygen atoms in total. The lowest BCUT2D eigenvalue weighted by Gasteiger charge is -2.30. The molecule has 0 saturated carbocycles. The lowest BCUT2D eigenvalue weighted by atomic mass is 10.2. The Hall–Kier alpha value is -1.72. The Labute approximate surface area is 112 Å². The van der Waals surface area contributed by atoms with E-state index in [4.69, 9.17) is 4.52 Å². The van der Waals surface area contributed by atoms with Gasteiger partial charge in [-0.2, -0.15) is 4.98 Å². The summed E-state index contributed by atoms with van der Waals surface area (Å²) in [6.07, 6.45) is 0. The van der Waals surface area contributed by atoms with E-state index < -0.39 is 0 Å². The van der Waals surface area contributed by atoms with Crippen LogP contribution in [0.25, 0.3) is 11.5 Å². The highest BCUT2D eigenvalue weighted by molar-refractivity contribution is 5.52. The molecule has 0 aliphatic carbocycles. The van der Waals surface area contributed by atoms with Crippen LogP contribution in [0.3, 0.4) is 0 Å². The minimum absolute atomic E-state index is 0.198. The summed E-state index contributed by atoms with van der Waals surface area (Å²) in [7, 11) is 0. The number of aromatic nitrogens is 2. The molecule has 1 aliphatic heterocycles. The average Bonchev–Trinajstić information content (AvgIpc) is 2.98. The van der Waals surface area contributed by atoms with Gasteiger partial charge in [0.05, 0.1) is 6.04 Å². The number of hydrogen-bond donors (Lipinski definition) is 1. The quantitative estimate of drug-likeness (QED) is 0.908. The number of benzene rings is 1. The fourth-order valence-electron chi connectivity index (χ4n) is 2.34. The maximum absolute atomic E-state index is 5.36. The molecule has 1 aliphatic rings. The van der Waals surface area contributed by atoms with E-state index in [1.165, 1.54) is 0 Å². The van der Waals surface area contributed by atoms with Crippen molar-refractivity contribution in [2.24, 2.45) is 0 Å². The standard InChI is InChI=1S/C14H18N4O/c1-11(18-9-7-15-8-10-18)13-16-14(19-17-13)12-5-3-2-4-6-12/h2-6,11,15H,7-10H2,1H3. The first kappa shape index (κ1) is 12.3. The fourth-order valence-corrected chi connectivity index (χ4v) is 2.34. The van der Waals surface area contributed by atoms with Crippen molar-refractivity contribution in [3.8, 4) is 11.5 Å². The van der Waals surface area contributed by atoms with Crippen molar-refractivity contribution >= 4 is 0 Å². The van der Waals surface area contributed by atoms with Crippen LogP contribution in [0.2, 0.25) is 0 Å². The molecular weight excluding hydrogens is 240 g/mol. The molecule has 0 spiro atoms. The third-order valence-electron chi connectivity index (χ3n) is 3.54. The van der Waals surface area contributed by atoms with Crippen LogP contribution >= 0.6 is 0 Å². The summed E-state index contributed by atoms with van der Waals surface area (Å²) in [5.74, 6) is 1.36. The Morgan fingerprint density at radius 2 is 1.95 bits per heavy atom. The Bertz CT molecular complexity index is 519. The molecule has 100 valence electrons. The predicted octanol–water partition coefficient (Wildman–Crippen LogP) is 1.70. The zero-order chi connectivity index (χ0) is 13.1. The minimum atomic E-state index is 0.198. The lowest BCUT2D eigenvalue weighted by molar-refractivity contribution is 0.176. The molecule has 5 heteroatoms. The highest BCUT2D eigenvalue weighted by atomic mass is 16.5. The largest absolute Gasteiger partial charge is 0.334 e. The van der Waals surface area contributed by atoms with Gasteiger partial charge in [-0.1, -0.05) is 23.4 Å². The van der Waals surface area contributed by atoms with E-state index in [9.17, 15) is 0 Å². The Morgan fingerprint density at radius 3 is 2.68 bits per heavy atom. The third kappa shape index (κ3) is 2.67. The summed E-state index contributed by atoms with van der Waals surface area (Å²) in [6.45, 7) is 6.22. The number of nitrogens with one attached hydrogen (secondary N) is 1. The smallest absolute Gasteiger partial charge is 0.257 e. The summed E-state index contributed by atoms with van der Waals surface area (Å²) >= 11 is 0. The molecule has 0 bridgehead atoms. The van der Waals surface area contributed by atoms with E-state index in [2.05, 4.69) is 27.3 Å². The van der Waals surface area contributed by atoms with Gasteiger partial charge < -0.3 is 9.84 Å². The monoisotopic (exact) mass is 258 g/mol. The van der Waals surface area contributed by atoms with Crippen molar-refractivity contribution in [1.29, 1.82) is 0 Å². The molecule has 0 amide bonds. The second-order valence-electron chi connectivity index (χ2n) is 4.79. The summed E-state index contributed by atoms with van der Waals surface area (Å²) in [4.78, 5) is 6.89. The molecule has 19 heavy (non-hydrogen) atoms. The Balaban J connectivity index is 1.77. The van der Waals surface area contributed by atoms with Crippen LogP contribution < -0.4 is 5.32 Å². The predicted molar refractivity (Wildman–Crippen MR) is 72.6 cm³/mol. The Morgan fingerprint density at radius 1 is 1.21 bits per heavy atom. The van der Waals surface area contributed by atoms with Gasteiger partial charge in [-0.15, -0.1) is 0 Å². The van der Waals surface area contributed by atoms with E-state index in [0.29, 0.717) is 5.89 Å². The SMILES string of the molecule is CC(c1noc(-c2ccccc2)n1)N1CCNCC1. The van der Waals surface area contributed by atoms with E-state index in [1.54, 1.807) is 0 Å². The molecule has 1 unspecified atom stereocenters. The van der Waals surface area contributed by atoms with Crippen LogP contribution in [0.1, 0.15) is 18.8 Å². The first-order chi connectivity index (χ1) is 9.34. The van der Waals surface area contributed by atoms with Crippen molar-refractivity contribution in [2.45, 2.75) is 13.0 Å². The molecule has 1 N–H and O–H groups in total. The molecule has 0 radical (unpaired) electrons. The van der Waals surface area contributed by atoms with Crippen molar-refractivity contribution < 1.29 is 4.52 Å². The average molecular weight is 258 g/mol. The molecule has 2 heterocycles. The van der Waals surface area contributed by atoms with Crippen molar-refractivity contribution in [2.75, 3.05) is 26.2 Å². The second kappa shape index (κ2) is 5.50. The van der Waals surface area contributed by atoms with Gasteiger partial charge in [0.2, 0.25) is 0 Å². The van der Waals surface area contributed by atoms with Crippen molar-refractivity contribution in [1.82, 2.24) is 20.4 Å². The topological polar surface area (TPSA) is 54.2 Å². The zero-order valence-corrected chi connectivity index (χ0v) is 11.0. The van der Waals surface area contributed by atoms with Crippen LogP contribution in [0, 0.1) is 0 Å². The van der Waals surface area contributed by atoms with Crippen LogP contribution in [-0.2, 0) is 0 Å². The first-order valence-corrected chi connectivity index (χ1v) is 6.68. The molecule has 1 saturated heterocycles. The molecule has 1 atom stereocenters. The maximum atomic E-state index is 5.36. The van der Waals surface area contributed by atoms with E-state index in [1.807, 2.05) is 30.3 Å². The molecule has 2 aromatic rings. The third-order valence-corrected chi connectivity index (χ3v) is 3.54. The van der Waals surface area contributed by atoms with Crippen molar-refractivity contribution in [3.63, 3.8) is 0 Å². The highest BCUT2D eigenvalue weighted by Gasteiger charge is 2.22. The summed E-state index contributed by atoms with van der Waals surface area (Å²) < 4.78 is 5.36. The molecule has 1 fully saturated rings. The van der Waals surface area contributed by atoms with Crippen LogP contribution in [0.5, 0.6) is 0 Å². The summed E-state index contributed by atoms with van der Waals surface area (Å²) in [5.41, 5.74) is 0.966. The van der Waals surface area contributed by atoms with Gasteiger partial charge in [0.25, 0.3) is 5.89 Å². The van der Waals surface area contributed by atoms with E-state index in [0.717, 1.165) is 37.6 Å². The minimum Gasteiger partial charge on any atom is -0.334 e. The molecule has 1 aromatic heterocycles. The number of hydrogen-bond acceptors (Lipinski definition) is 5. The van der Waals surface area contributed by atoms with Gasteiger partial charge in [-0.25, -0.2) is 0 Å². The van der Waals surface area contributed by atoms with Crippen LogP contribution in [0.15, 0.2) is 34.9 Å². The van der Waals surface area contributed by atoms with Crippen LogP contribution in [-0.4, -0.2) is 41.2 Å². The molecular formula is C14H18N4O. The molecule has 1 aromatic carbocycles. The first-order valence-electron chi connectivity index (χ1n) is 6.68. The normalized spacial score (nSPS) is 18.4.